The number of hydrogen-bond acceptors (Lipinski definition) is 4. The van der Waals surface area contributed by atoms with E-state index >= 15 is 0 Å². The second-order valence-corrected chi connectivity index (χ2v) is 8.12. The van der Waals surface area contributed by atoms with Gasteiger partial charge in [0.25, 0.3) is 0 Å². The van der Waals surface area contributed by atoms with Crippen LogP contribution in [-0.2, 0) is 9.84 Å². The zero-order chi connectivity index (χ0) is 13.1. The molecule has 1 rings (SSSR count). The lowest BCUT2D eigenvalue weighted by Crippen LogP contribution is -2.46. The van der Waals surface area contributed by atoms with Gasteiger partial charge in [0.15, 0.2) is 9.84 Å². The van der Waals surface area contributed by atoms with Crippen molar-refractivity contribution in [2.45, 2.75) is 44.9 Å². The molecule has 0 amide bonds. The lowest BCUT2D eigenvalue weighted by molar-refractivity contribution is 0.128. The maximum Gasteiger partial charge on any atom is 0.153 e. The van der Waals surface area contributed by atoms with E-state index in [1.807, 2.05) is 0 Å². The minimum Gasteiger partial charge on any atom is -0.330 e. The third kappa shape index (κ3) is 4.23. The zero-order valence-corrected chi connectivity index (χ0v) is 12.0. The van der Waals surface area contributed by atoms with Gasteiger partial charge in [0, 0.05) is 19.1 Å². The molecule has 2 atom stereocenters. The van der Waals surface area contributed by atoms with Crippen molar-refractivity contribution in [2.75, 3.05) is 25.4 Å². The highest BCUT2D eigenvalue weighted by molar-refractivity contribution is 7.92. The molecule has 1 aliphatic rings. The van der Waals surface area contributed by atoms with Gasteiger partial charge < -0.3 is 5.73 Å². The maximum atomic E-state index is 11.8. The molecule has 0 bridgehead atoms. The summed E-state index contributed by atoms with van der Waals surface area (Å²) in [7, 11) is -2.92. The number of sulfone groups is 1. The predicted molar refractivity (Wildman–Crippen MR) is 71.7 cm³/mol. The first-order valence-electron chi connectivity index (χ1n) is 6.52. The van der Waals surface area contributed by atoms with Crippen LogP contribution in [0.2, 0.25) is 0 Å². The number of likely N-dealkylation sites (tertiary alicyclic amines) is 1. The number of nitrogens with zero attached hydrogens (tertiary/aromatic N) is 1. The largest absolute Gasteiger partial charge is 0.330 e. The summed E-state index contributed by atoms with van der Waals surface area (Å²) < 4.78 is 23.6. The standard InChI is InChI=1S/C12H26N2O2S/c1-10(2)17(15,16)7-6-14-9-12(8-13)5-4-11(14)3/h10-12H,4-9,13H2,1-3H3. The summed E-state index contributed by atoms with van der Waals surface area (Å²) in [5.74, 6) is 0.805. The predicted octanol–water partition coefficient (Wildman–Crippen LogP) is 0.869. The fourth-order valence-corrected chi connectivity index (χ4v) is 3.21. The van der Waals surface area contributed by atoms with Crippen LogP contribution < -0.4 is 5.73 Å². The summed E-state index contributed by atoms with van der Waals surface area (Å²) in [4.78, 5) is 2.28. The third-order valence-electron chi connectivity index (χ3n) is 3.82. The molecule has 1 fully saturated rings. The highest BCUT2D eigenvalue weighted by atomic mass is 32.2. The molecule has 1 heterocycles. The second-order valence-electron chi connectivity index (χ2n) is 5.44. The van der Waals surface area contributed by atoms with E-state index in [1.54, 1.807) is 13.8 Å². The fraction of sp³-hybridized carbons (Fsp3) is 1.00. The average molecular weight is 262 g/mol. The molecule has 0 aliphatic carbocycles. The van der Waals surface area contributed by atoms with E-state index in [2.05, 4.69) is 11.8 Å². The van der Waals surface area contributed by atoms with E-state index in [0.29, 0.717) is 25.0 Å². The Morgan fingerprint density at radius 3 is 2.53 bits per heavy atom. The minimum atomic E-state index is -2.92. The first-order valence-corrected chi connectivity index (χ1v) is 8.24. The normalized spacial score (nSPS) is 27.6. The van der Waals surface area contributed by atoms with Crippen molar-refractivity contribution in [3.8, 4) is 0 Å². The number of piperidine rings is 1. The summed E-state index contributed by atoms with van der Waals surface area (Å²) in [5, 5.41) is -0.270. The van der Waals surface area contributed by atoms with E-state index in [4.69, 9.17) is 5.73 Å². The van der Waals surface area contributed by atoms with Crippen molar-refractivity contribution in [2.24, 2.45) is 11.7 Å². The molecule has 1 aliphatic heterocycles. The molecule has 1 saturated heterocycles. The van der Waals surface area contributed by atoms with Crippen molar-refractivity contribution in [1.82, 2.24) is 4.90 Å². The van der Waals surface area contributed by atoms with Crippen molar-refractivity contribution < 1.29 is 8.42 Å². The summed E-state index contributed by atoms with van der Waals surface area (Å²) in [5.41, 5.74) is 5.70. The molecule has 2 unspecified atom stereocenters. The Kier molecular flexibility index (Phi) is 5.41. The Morgan fingerprint density at radius 1 is 1.35 bits per heavy atom. The van der Waals surface area contributed by atoms with Crippen LogP contribution in [-0.4, -0.2) is 50.0 Å². The van der Waals surface area contributed by atoms with Gasteiger partial charge in [-0.1, -0.05) is 0 Å². The van der Waals surface area contributed by atoms with Crippen LogP contribution in [0.25, 0.3) is 0 Å². The van der Waals surface area contributed by atoms with Crippen LogP contribution in [0.1, 0.15) is 33.6 Å². The molecular formula is C12H26N2O2S. The fourth-order valence-electron chi connectivity index (χ4n) is 2.25. The molecule has 0 aromatic carbocycles. The Labute approximate surface area is 105 Å². The molecule has 4 nitrogen and oxygen atoms in total. The van der Waals surface area contributed by atoms with Gasteiger partial charge in [-0.15, -0.1) is 0 Å². The highest BCUT2D eigenvalue weighted by Gasteiger charge is 2.26. The van der Waals surface area contributed by atoms with E-state index in [0.717, 1.165) is 13.0 Å². The monoisotopic (exact) mass is 262 g/mol. The van der Waals surface area contributed by atoms with Crippen LogP contribution >= 0.6 is 0 Å². The molecule has 0 spiro atoms. The van der Waals surface area contributed by atoms with Gasteiger partial charge in [-0.3, -0.25) is 4.90 Å². The van der Waals surface area contributed by atoms with Crippen molar-refractivity contribution in [3.63, 3.8) is 0 Å². The van der Waals surface area contributed by atoms with Crippen molar-refractivity contribution in [3.05, 3.63) is 0 Å². The number of nitrogens with two attached hydrogens (primary N) is 1. The summed E-state index contributed by atoms with van der Waals surface area (Å²) in [6, 6.07) is 0.486. The molecule has 0 aromatic heterocycles. The van der Waals surface area contributed by atoms with Gasteiger partial charge in [0.05, 0.1) is 11.0 Å². The third-order valence-corrected chi connectivity index (χ3v) is 6.01. The molecule has 102 valence electrons. The van der Waals surface area contributed by atoms with Crippen molar-refractivity contribution >= 4 is 9.84 Å². The Bertz CT molecular complexity index is 327. The molecule has 5 heteroatoms. The molecule has 0 radical (unpaired) electrons. The Morgan fingerprint density at radius 2 is 2.00 bits per heavy atom. The van der Waals surface area contributed by atoms with Crippen LogP contribution in [0.4, 0.5) is 0 Å². The lowest BCUT2D eigenvalue weighted by Gasteiger charge is -2.37. The average Bonchev–Trinajstić information content (AvgIpc) is 2.28. The van der Waals surface area contributed by atoms with E-state index in [9.17, 15) is 8.42 Å². The summed E-state index contributed by atoms with van der Waals surface area (Å²) in [6.07, 6.45) is 2.30. The second kappa shape index (κ2) is 6.16. The quantitative estimate of drug-likeness (QED) is 0.798. The van der Waals surface area contributed by atoms with Gasteiger partial charge in [-0.05, 0) is 46.1 Å². The van der Waals surface area contributed by atoms with E-state index in [1.165, 1.54) is 6.42 Å². The van der Waals surface area contributed by atoms with Crippen molar-refractivity contribution in [1.29, 1.82) is 0 Å². The molecule has 17 heavy (non-hydrogen) atoms. The topological polar surface area (TPSA) is 63.4 Å². The first-order chi connectivity index (χ1) is 7.86. The minimum absolute atomic E-state index is 0.270. The van der Waals surface area contributed by atoms with E-state index < -0.39 is 9.84 Å². The first kappa shape index (κ1) is 14.9. The SMILES string of the molecule is CC1CCC(CN)CN1CCS(=O)(=O)C(C)C. The van der Waals surface area contributed by atoms with Gasteiger partial charge in [-0.2, -0.15) is 0 Å². The Hall–Kier alpha value is -0.130. The van der Waals surface area contributed by atoms with E-state index in [-0.39, 0.29) is 11.0 Å². The lowest BCUT2D eigenvalue weighted by atomic mass is 9.94. The van der Waals surface area contributed by atoms with Crippen LogP contribution in [0.5, 0.6) is 0 Å². The van der Waals surface area contributed by atoms with Crippen LogP contribution in [0.15, 0.2) is 0 Å². The van der Waals surface area contributed by atoms with Gasteiger partial charge in [0.2, 0.25) is 0 Å². The zero-order valence-electron chi connectivity index (χ0n) is 11.2. The highest BCUT2D eigenvalue weighted by Crippen LogP contribution is 2.21. The number of rotatable bonds is 5. The van der Waals surface area contributed by atoms with Gasteiger partial charge >= 0.3 is 0 Å². The van der Waals surface area contributed by atoms with Crippen LogP contribution in [0.3, 0.4) is 0 Å². The van der Waals surface area contributed by atoms with Crippen LogP contribution in [0, 0.1) is 5.92 Å². The maximum absolute atomic E-state index is 11.8. The molecular weight excluding hydrogens is 236 g/mol. The molecule has 2 N–H and O–H groups in total. The summed E-state index contributed by atoms with van der Waals surface area (Å²) in [6.45, 7) is 7.98. The molecule has 0 aromatic rings. The number of hydrogen-bond donors (Lipinski definition) is 1. The Balaban J connectivity index is 2.50. The molecule has 0 saturated carbocycles. The van der Waals surface area contributed by atoms with Gasteiger partial charge in [0.1, 0.15) is 0 Å². The van der Waals surface area contributed by atoms with Gasteiger partial charge in [-0.25, -0.2) is 8.42 Å². The smallest absolute Gasteiger partial charge is 0.153 e. The summed E-state index contributed by atoms with van der Waals surface area (Å²) >= 11 is 0.